The lowest BCUT2D eigenvalue weighted by atomic mass is 10.1. The van der Waals surface area contributed by atoms with Crippen molar-refractivity contribution in [1.82, 2.24) is 0 Å². The van der Waals surface area contributed by atoms with Crippen molar-refractivity contribution < 1.29 is 14.3 Å². The van der Waals surface area contributed by atoms with E-state index in [9.17, 15) is 14.3 Å². The summed E-state index contributed by atoms with van der Waals surface area (Å²) in [6, 6.07) is 11.2. The van der Waals surface area contributed by atoms with E-state index < -0.39 is 18.1 Å². The number of fused-ring (bicyclic) bond motifs is 4. The minimum Gasteiger partial charge on any atom is -0.384 e. The number of aliphatic hydroxyl groups excluding tert-OH is 1. The topological polar surface area (TPSA) is 52.6 Å². The molecule has 0 saturated heterocycles. The smallest absolute Gasteiger partial charge is 0.262 e. The summed E-state index contributed by atoms with van der Waals surface area (Å²) in [5.41, 5.74) is 2.19. The van der Waals surface area contributed by atoms with Crippen LogP contribution in [0.2, 0.25) is 0 Å². The summed E-state index contributed by atoms with van der Waals surface area (Å²) in [6.45, 7) is 0. The molecule has 4 rings (SSSR count). The summed E-state index contributed by atoms with van der Waals surface area (Å²) < 4.78 is 13.3. The van der Waals surface area contributed by atoms with Gasteiger partial charge in [0.05, 0.1) is 11.3 Å². The van der Waals surface area contributed by atoms with E-state index in [1.807, 2.05) is 12.1 Å². The van der Waals surface area contributed by atoms with Crippen LogP contribution in [0.3, 0.4) is 0 Å². The Kier molecular flexibility index (Phi) is 2.17. The minimum absolute atomic E-state index is 0.283. The Hall–Kier alpha value is -2.40. The van der Waals surface area contributed by atoms with Crippen LogP contribution in [0.1, 0.15) is 22.0 Å². The van der Waals surface area contributed by atoms with Crippen LogP contribution in [0, 0.1) is 5.82 Å². The highest BCUT2D eigenvalue weighted by atomic mass is 19.1. The molecule has 2 aliphatic heterocycles. The molecule has 1 amide bonds. The van der Waals surface area contributed by atoms with E-state index in [1.165, 1.54) is 23.1 Å². The van der Waals surface area contributed by atoms with Gasteiger partial charge in [-0.1, -0.05) is 18.2 Å². The van der Waals surface area contributed by atoms with Crippen LogP contribution in [0.25, 0.3) is 0 Å². The Morgan fingerprint density at radius 2 is 2.00 bits per heavy atom. The molecule has 0 spiro atoms. The molecule has 0 bridgehead atoms. The Morgan fingerprint density at radius 1 is 1.20 bits per heavy atom. The van der Waals surface area contributed by atoms with Gasteiger partial charge in [-0.3, -0.25) is 9.69 Å². The number of hydrogen-bond donors (Lipinski definition) is 2. The van der Waals surface area contributed by atoms with Gasteiger partial charge in [0.25, 0.3) is 5.91 Å². The lowest BCUT2D eigenvalue weighted by molar-refractivity contribution is 0.0940. The van der Waals surface area contributed by atoms with E-state index in [4.69, 9.17) is 0 Å². The van der Waals surface area contributed by atoms with Crippen molar-refractivity contribution in [2.45, 2.75) is 12.3 Å². The summed E-state index contributed by atoms with van der Waals surface area (Å²) >= 11 is 0. The van der Waals surface area contributed by atoms with E-state index in [0.29, 0.717) is 16.9 Å². The first-order chi connectivity index (χ1) is 9.66. The highest BCUT2D eigenvalue weighted by Gasteiger charge is 2.44. The molecular formula is C15H11FN2O2. The van der Waals surface area contributed by atoms with E-state index in [-0.39, 0.29) is 11.5 Å². The number of anilines is 2. The van der Waals surface area contributed by atoms with Crippen molar-refractivity contribution in [3.8, 4) is 0 Å². The first-order valence-electron chi connectivity index (χ1n) is 6.33. The van der Waals surface area contributed by atoms with Crippen LogP contribution in [-0.2, 0) is 0 Å². The van der Waals surface area contributed by atoms with E-state index >= 15 is 0 Å². The third kappa shape index (κ3) is 1.35. The quantitative estimate of drug-likeness (QED) is 0.772. The molecule has 20 heavy (non-hydrogen) atoms. The third-order valence-corrected chi connectivity index (χ3v) is 3.83. The van der Waals surface area contributed by atoms with Crippen LogP contribution in [-0.4, -0.2) is 17.2 Å². The molecule has 0 radical (unpaired) electrons. The molecule has 4 nitrogen and oxygen atoms in total. The lowest BCUT2D eigenvalue weighted by Gasteiger charge is -2.34. The van der Waals surface area contributed by atoms with Gasteiger partial charge >= 0.3 is 0 Å². The minimum atomic E-state index is -0.798. The number of carbonyl (C=O) groups excluding carboxylic acids is 1. The van der Waals surface area contributed by atoms with Gasteiger partial charge in [0.2, 0.25) is 0 Å². The zero-order chi connectivity index (χ0) is 13.9. The Balaban J connectivity index is 1.90. The molecule has 2 aromatic carbocycles. The molecular weight excluding hydrogens is 259 g/mol. The molecule has 100 valence electrons. The molecule has 2 heterocycles. The number of nitrogens with one attached hydrogen (secondary N) is 1. The monoisotopic (exact) mass is 270 g/mol. The molecule has 0 fully saturated rings. The molecule has 0 aromatic heterocycles. The highest BCUT2D eigenvalue weighted by molar-refractivity contribution is 6.13. The fraction of sp³-hybridized carbons (Fsp3) is 0.133. The lowest BCUT2D eigenvalue weighted by Crippen LogP contribution is -2.48. The Labute approximate surface area is 114 Å². The van der Waals surface area contributed by atoms with Crippen molar-refractivity contribution >= 4 is 17.3 Å². The van der Waals surface area contributed by atoms with Crippen molar-refractivity contribution in [3.05, 3.63) is 59.4 Å². The molecule has 2 aliphatic rings. The summed E-state index contributed by atoms with van der Waals surface area (Å²) in [5.74, 6) is -0.752. The Morgan fingerprint density at radius 3 is 2.85 bits per heavy atom. The first kappa shape index (κ1) is 11.4. The fourth-order valence-electron chi connectivity index (χ4n) is 2.91. The largest absolute Gasteiger partial charge is 0.384 e. The van der Waals surface area contributed by atoms with Crippen molar-refractivity contribution in [2.75, 3.05) is 10.2 Å². The van der Waals surface area contributed by atoms with E-state index in [0.717, 1.165) is 0 Å². The number of aliphatic hydroxyl groups is 1. The molecule has 0 aliphatic carbocycles. The zero-order valence-electron chi connectivity index (χ0n) is 10.4. The highest BCUT2D eigenvalue weighted by Crippen LogP contribution is 2.43. The number of carbonyl (C=O) groups is 1. The number of hydrogen-bond acceptors (Lipinski definition) is 3. The maximum absolute atomic E-state index is 13.3. The normalized spacial score (nSPS) is 22.9. The van der Waals surface area contributed by atoms with Gasteiger partial charge < -0.3 is 10.4 Å². The maximum atomic E-state index is 13.3. The molecule has 5 heteroatoms. The van der Waals surface area contributed by atoms with Gasteiger partial charge in [0, 0.05) is 11.3 Å². The number of benzene rings is 2. The van der Waals surface area contributed by atoms with Crippen LogP contribution in [0.5, 0.6) is 0 Å². The molecule has 2 aromatic rings. The average molecular weight is 270 g/mol. The number of rotatable bonds is 0. The number of para-hydroxylation sites is 1. The van der Waals surface area contributed by atoms with Crippen LogP contribution in [0.15, 0.2) is 42.5 Å². The predicted molar refractivity (Wildman–Crippen MR) is 72.0 cm³/mol. The average Bonchev–Trinajstić information content (AvgIpc) is 2.74. The molecule has 0 unspecified atom stereocenters. The second-order valence-corrected chi connectivity index (χ2v) is 4.96. The van der Waals surface area contributed by atoms with E-state index in [2.05, 4.69) is 5.32 Å². The second-order valence-electron chi connectivity index (χ2n) is 4.96. The first-order valence-corrected chi connectivity index (χ1v) is 6.33. The van der Waals surface area contributed by atoms with Crippen molar-refractivity contribution in [3.63, 3.8) is 0 Å². The molecule has 2 atom stereocenters. The van der Waals surface area contributed by atoms with Crippen LogP contribution in [0.4, 0.5) is 15.8 Å². The standard InChI is InChI=1S/C15H11FN2O2/c16-8-5-6-11-10(7-8)15(20)18-12-4-2-1-3-9(12)13(19)14(18)17-11/h1-7,13-14,17,19H/t13-,14-/m1/s1. The van der Waals surface area contributed by atoms with Gasteiger partial charge in [-0.15, -0.1) is 0 Å². The maximum Gasteiger partial charge on any atom is 0.262 e. The summed E-state index contributed by atoms with van der Waals surface area (Å²) in [5, 5.41) is 13.4. The number of halogens is 1. The number of amides is 1. The van der Waals surface area contributed by atoms with Gasteiger partial charge in [0.15, 0.2) is 0 Å². The summed E-state index contributed by atoms with van der Waals surface area (Å²) in [7, 11) is 0. The van der Waals surface area contributed by atoms with Crippen molar-refractivity contribution in [1.29, 1.82) is 0 Å². The van der Waals surface area contributed by atoms with E-state index in [1.54, 1.807) is 12.1 Å². The van der Waals surface area contributed by atoms with Crippen LogP contribution >= 0.6 is 0 Å². The summed E-state index contributed by atoms with van der Waals surface area (Å²) in [6.07, 6.45) is -1.34. The third-order valence-electron chi connectivity index (χ3n) is 3.83. The summed E-state index contributed by atoms with van der Waals surface area (Å²) in [4.78, 5) is 14.1. The van der Waals surface area contributed by atoms with Crippen LogP contribution < -0.4 is 10.2 Å². The van der Waals surface area contributed by atoms with Gasteiger partial charge in [-0.05, 0) is 24.3 Å². The number of nitrogens with zero attached hydrogens (tertiary/aromatic N) is 1. The predicted octanol–water partition coefficient (Wildman–Crippen LogP) is 2.27. The van der Waals surface area contributed by atoms with Crippen molar-refractivity contribution in [2.24, 2.45) is 0 Å². The molecule has 0 saturated carbocycles. The fourth-order valence-corrected chi connectivity index (χ4v) is 2.91. The Bertz CT molecular complexity index is 732. The zero-order valence-corrected chi connectivity index (χ0v) is 10.4. The SMILES string of the molecule is O=C1c2cc(F)ccc2N[C@H]2[C@H](O)c3ccccc3N12. The van der Waals surface area contributed by atoms with Gasteiger partial charge in [0.1, 0.15) is 18.1 Å². The van der Waals surface area contributed by atoms with Gasteiger partial charge in [-0.25, -0.2) is 4.39 Å². The second kappa shape index (κ2) is 3.80. The molecule has 2 N–H and O–H groups in total. The van der Waals surface area contributed by atoms with Gasteiger partial charge in [-0.2, -0.15) is 0 Å².